The van der Waals surface area contributed by atoms with Crippen molar-refractivity contribution in [2.75, 3.05) is 34.4 Å². The van der Waals surface area contributed by atoms with E-state index in [-0.39, 0.29) is 78.6 Å². The zero-order chi connectivity index (χ0) is 39.4. The molecular weight excluding hydrogens is 668 g/mol. The molecule has 8 atom stereocenters. The highest BCUT2D eigenvalue weighted by Crippen LogP contribution is 2.33. The van der Waals surface area contributed by atoms with Gasteiger partial charge in [-0.25, -0.2) is 0 Å². The molecule has 2 amide bonds. The zero-order valence-electron chi connectivity index (χ0n) is 34.1. The van der Waals surface area contributed by atoms with Crippen molar-refractivity contribution in [3.63, 3.8) is 0 Å². The number of methoxy groups -OCH3 is 1. The summed E-state index contributed by atoms with van der Waals surface area (Å²) in [5, 5.41) is 14.8. The van der Waals surface area contributed by atoms with Gasteiger partial charge >= 0.3 is 0 Å². The van der Waals surface area contributed by atoms with Crippen molar-refractivity contribution in [3.8, 4) is 0 Å². The predicted octanol–water partition coefficient (Wildman–Crippen LogP) is 6.12. The van der Waals surface area contributed by atoms with Crippen LogP contribution in [0.15, 0.2) is 36.5 Å². The Morgan fingerprint density at radius 2 is 1.74 bits per heavy atom. The van der Waals surface area contributed by atoms with Crippen LogP contribution in [0.25, 0.3) is 10.9 Å². The summed E-state index contributed by atoms with van der Waals surface area (Å²) in [6.07, 6.45) is 5.55. The van der Waals surface area contributed by atoms with Gasteiger partial charge in [0.2, 0.25) is 11.8 Å². The SMILES string of the molecule is CC[C@H](C)C([C@@H](CC(=O)N1CCC[C@H]1[C@H](CO)[C@@H](C)C(=O)CCCc1cccc2ncccc12)OC)N(C)C(=O)[C@@H](CC(=O)[C@@H](NC)C(C)C)C(C)C. The number of ether oxygens (including phenoxy) is 1. The highest BCUT2D eigenvalue weighted by atomic mass is 16.5. The number of aromatic nitrogens is 1. The Morgan fingerprint density at radius 1 is 1.02 bits per heavy atom. The quantitative estimate of drug-likeness (QED) is 0.148. The van der Waals surface area contributed by atoms with Crippen molar-refractivity contribution >= 4 is 34.3 Å². The fourth-order valence-corrected chi connectivity index (χ4v) is 8.56. The second kappa shape index (κ2) is 21.0. The van der Waals surface area contributed by atoms with E-state index >= 15 is 0 Å². The molecule has 1 aliphatic heterocycles. The molecule has 1 fully saturated rings. The van der Waals surface area contributed by atoms with Crippen molar-refractivity contribution in [2.24, 2.45) is 35.5 Å². The molecule has 10 heteroatoms. The Balaban J connectivity index is 1.72. The van der Waals surface area contributed by atoms with Crippen LogP contribution in [0.5, 0.6) is 0 Å². The lowest BCUT2D eigenvalue weighted by Crippen LogP contribution is -2.54. The first kappa shape index (κ1) is 44.2. The molecule has 1 aromatic carbocycles. The number of aliphatic hydroxyl groups is 1. The molecule has 296 valence electrons. The van der Waals surface area contributed by atoms with Gasteiger partial charge in [-0.05, 0) is 68.2 Å². The minimum atomic E-state index is -0.576. The number of ketones is 2. The summed E-state index contributed by atoms with van der Waals surface area (Å²) >= 11 is 0. The van der Waals surface area contributed by atoms with E-state index in [0.717, 1.165) is 36.6 Å². The molecule has 3 rings (SSSR count). The summed E-state index contributed by atoms with van der Waals surface area (Å²) in [5.74, 6) is -1.30. The summed E-state index contributed by atoms with van der Waals surface area (Å²) in [6, 6.07) is 9.08. The third-order valence-electron chi connectivity index (χ3n) is 12.0. The van der Waals surface area contributed by atoms with Gasteiger partial charge in [0.05, 0.1) is 30.1 Å². The number of benzene rings is 1. The Bertz CT molecular complexity index is 1490. The fourth-order valence-electron chi connectivity index (χ4n) is 8.56. The van der Waals surface area contributed by atoms with Crippen LogP contribution in [0.4, 0.5) is 0 Å². The zero-order valence-corrected chi connectivity index (χ0v) is 34.1. The van der Waals surface area contributed by atoms with Gasteiger partial charge in [0.1, 0.15) is 5.78 Å². The normalized spacial score (nSPS) is 18.8. The second-order valence-corrected chi connectivity index (χ2v) is 16.1. The molecule has 0 spiro atoms. The van der Waals surface area contributed by atoms with Crippen molar-refractivity contribution < 1.29 is 29.0 Å². The average Bonchev–Trinajstić information content (AvgIpc) is 3.63. The Labute approximate surface area is 318 Å². The first-order valence-corrected chi connectivity index (χ1v) is 20.0. The number of rotatable bonds is 22. The van der Waals surface area contributed by atoms with Crippen molar-refractivity contribution in [1.82, 2.24) is 20.1 Å². The summed E-state index contributed by atoms with van der Waals surface area (Å²) in [4.78, 5) is 63.2. The molecule has 1 aromatic heterocycles. The van der Waals surface area contributed by atoms with Crippen LogP contribution in [0, 0.1) is 35.5 Å². The number of Topliss-reactive ketones (excluding diaryl/α,β-unsaturated/α-hetero) is 2. The van der Waals surface area contributed by atoms with Crippen LogP contribution in [0.2, 0.25) is 0 Å². The highest BCUT2D eigenvalue weighted by Gasteiger charge is 2.42. The number of aliphatic hydroxyl groups excluding tert-OH is 1. The molecule has 0 radical (unpaired) electrons. The maximum absolute atomic E-state index is 14.2. The van der Waals surface area contributed by atoms with Crippen LogP contribution in [-0.4, -0.2) is 102 Å². The molecule has 0 aliphatic carbocycles. The standard InChI is InChI=1S/C43H68N4O6/c1-11-29(6)42(46(9)43(52)33(27(2)3)24-38(50)41(44-8)28(4)5)39(53-10)25-40(51)47-23-15-20-36(47)34(26-48)30(7)37(49)21-13-17-31-16-12-19-35-32(31)18-14-22-45-35/h12,14,16,18-19,22,27-30,33-34,36,39,41-42,44,48H,11,13,15,17,20-21,23-26H2,1-10H3/t29-,30+,33-,34+,36-,39+,41-,42?/m0/s1. The number of carbonyl (C=O) groups excluding carboxylic acids is 4. The molecule has 2 N–H and O–H groups in total. The molecule has 1 saturated heterocycles. The van der Waals surface area contributed by atoms with E-state index in [0.29, 0.717) is 19.4 Å². The van der Waals surface area contributed by atoms with Gasteiger partial charge in [-0.3, -0.25) is 24.2 Å². The van der Waals surface area contributed by atoms with Gasteiger partial charge in [-0.2, -0.15) is 0 Å². The maximum Gasteiger partial charge on any atom is 0.226 e. The number of nitrogens with one attached hydrogen (secondary N) is 1. The summed E-state index contributed by atoms with van der Waals surface area (Å²) in [5.41, 5.74) is 2.11. The number of likely N-dealkylation sites (tertiary alicyclic amines) is 1. The van der Waals surface area contributed by atoms with Crippen molar-refractivity contribution in [3.05, 3.63) is 42.1 Å². The predicted molar refractivity (Wildman–Crippen MR) is 211 cm³/mol. The largest absolute Gasteiger partial charge is 0.396 e. The lowest BCUT2D eigenvalue weighted by Gasteiger charge is -2.41. The first-order valence-electron chi connectivity index (χ1n) is 20.0. The lowest BCUT2D eigenvalue weighted by atomic mass is 9.82. The van der Waals surface area contributed by atoms with Crippen molar-refractivity contribution in [2.45, 2.75) is 124 Å². The minimum Gasteiger partial charge on any atom is -0.396 e. The number of aryl methyl sites for hydroxylation is 1. The molecule has 0 bridgehead atoms. The van der Waals surface area contributed by atoms with Gasteiger partial charge in [0, 0.05) is 75.5 Å². The number of hydrogen-bond donors (Lipinski definition) is 2. The monoisotopic (exact) mass is 737 g/mol. The molecular formula is C43H68N4O6. The van der Waals surface area contributed by atoms with Crippen LogP contribution in [-0.2, 0) is 30.3 Å². The van der Waals surface area contributed by atoms with Gasteiger partial charge in [0.15, 0.2) is 5.78 Å². The van der Waals surface area contributed by atoms with E-state index < -0.39 is 24.0 Å². The van der Waals surface area contributed by atoms with E-state index in [9.17, 15) is 24.3 Å². The third kappa shape index (κ3) is 11.2. The number of fused-ring (bicyclic) bond motifs is 1. The van der Waals surface area contributed by atoms with Crippen LogP contribution in [0.3, 0.4) is 0 Å². The van der Waals surface area contributed by atoms with E-state index in [1.165, 1.54) is 5.56 Å². The van der Waals surface area contributed by atoms with E-state index in [1.807, 2.05) is 57.7 Å². The van der Waals surface area contributed by atoms with Gasteiger partial charge in [-0.1, -0.05) is 73.1 Å². The number of amides is 2. The molecule has 1 unspecified atom stereocenters. The Hall–Kier alpha value is -3.21. The van der Waals surface area contributed by atoms with E-state index in [2.05, 4.69) is 36.3 Å². The maximum atomic E-state index is 14.2. The summed E-state index contributed by atoms with van der Waals surface area (Å²) in [6.45, 7) is 14.3. The van der Waals surface area contributed by atoms with Crippen molar-refractivity contribution in [1.29, 1.82) is 0 Å². The fraction of sp³-hybridized carbons (Fsp3) is 0.698. The van der Waals surface area contributed by atoms with Crippen LogP contribution < -0.4 is 5.32 Å². The number of carbonyl (C=O) groups is 4. The Morgan fingerprint density at radius 3 is 2.34 bits per heavy atom. The summed E-state index contributed by atoms with van der Waals surface area (Å²) in [7, 11) is 5.14. The van der Waals surface area contributed by atoms with Gasteiger partial charge in [-0.15, -0.1) is 0 Å². The van der Waals surface area contributed by atoms with Gasteiger partial charge in [0.25, 0.3) is 0 Å². The Kier molecular flexibility index (Phi) is 17.5. The number of pyridine rings is 1. The lowest BCUT2D eigenvalue weighted by molar-refractivity contribution is -0.148. The van der Waals surface area contributed by atoms with E-state index in [1.54, 1.807) is 32.3 Å². The highest BCUT2D eigenvalue weighted by molar-refractivity contribution is 5.90. The number of hydrogen-bond acceptors (Lipinski definition) is 8. The molecule has 53 heavy (non-hydrogen) atoms. The van der Waals surface area contributed by atoms with E-state index in [4.69, 9.17) is 4.74 Å². The average molecular weight is 737 g/mol. The topological polar surface area (TPSA) is 129 Å². The summed E-state index contributed by atoms with van der Waals surface area (Å²) < 4.78 is 6.03. The second-order valence-electron chi connectivity index (χ2n) is 16.1. The number of likely N-dealkylation sites (N-methyl/N-ethyl adjacent to an activating group) is 2. The molecule has 2 aromatic rings. The molecule has 10 nitrogen and oxygen atoms in total. The number of nitrogens with zero attached hydrogens (tertiary/aromatic N) is 3. The minimum absolute atomic E-state index is 0.0216. The van der Waals surface area contributed by atoms with Crippen LogP contribution in [0.1, 0.15) is 99.0 Å². The first-order chi connectivity index (χ1) is 25.2. The molecule has 0 saturated carbocycles. The molecule has 1 aliphatic rings. The third-order valence-corrected chi connectivity index (χ3v) is 12.0. The van der Waals surface area contributed by atoms with Gasteiger partial charge < -0.3 is 25.0 Å². The molecule has 2 heterocycles. The smallest absolute Gasteiger partial charge is 0.226 e. The van der Waals surface area contributed by atoms with Crippen LogP contribution >= 0.6 is 0 Å².